The Morgan fingerprint density at radius 1 is 0.963 bits per heavy atom. The van der Waals surface area contributed by atoms with Crippen LogP contribution >= 0.6 is 15.9 Å². The lowest BCUT2D eigenvalue weighted by molar-refractivity contribution is -0.114. The molecule has 142 valence electrons. The lowest BCUT2D eigenvalue weighted by Gasteiger charge is -2.22. The highest BCUT2D eigenvalue weighted by atomic mass is 79.9. The van der Waals surface area contributed by atoms with Crippen molar-refractivity contribution in [2.24, 2.45) is 0 Å². The lowest BCUT2D eigenvalue weighted by Crippen LogP contribution is -2.36. The zero-order valence-corrected chi connectivity index (χ0v) is 16.7. The maximum Gasteiger partial charge on any atom is 0.251 e. The van der Waals surface area contributed by atoms with E-state index in [0.29, 0.717) is 11.3 Å². The Morgan fingerprint density at radius 2 is 1.70 bits per heavy atom. The van der Waals surface area contributed by atoms with E-state index in [1.807, 2.05) is 24.3 Å². The molecule has 0 spiro atoms. The van der Waals surface area contributed by atoms with E-state index in [1.54, 1.807) is 24.3 Å². The van der Waals surface area contributed by atoms with E-state index in [4.69, 9.17) is 0 Å². The van der Waals surface area contributed by atoms with Gasteiger partial charge in [-0.1, -0.05) is 41.3 Å². The van der Waals surface area contributed by atoms with Gasteiger partial charge >= 0.3 is 0 Å². The number of halogens is 1. The van der Waals surface area contributed by atoms with Gasteiger partial charge in [-0.2, -0.15) is 0 Å². The fourth-order valence-electron chi connectivity index (χ4n) is 3.21. The van der Waals surface area contributed by atoms with Gasteiger partial charge < -0.3 is 16.0 Å². The first-order chi connectivity index (χ1) is 13.1. The van der Waals surface area contributed by atoms with Crippen molar-refractivity contribution in [2.75, 3.05) is 17.2 Å². The Hall–Kier alpha value is -2.34. The number of nitrogens with one attached hydrogen (secondary N) is 3. The molecule has 0 bridgehead atoms. The topological polar surface area (TPSA) is 70.2 Å². The van der Waals surface area contributed by atoms with Gasteiger partial charge in [0.1, 0.15) is 0 Å². The molecule has 0 aliphatic heterocycles. The quantitative estimate of drug-likeness (QED) is 0.629. The molecule has 0 atom stereocenters. The van der Waals surface area contributed by atoms with Gasteiger partial charge in [-0.25, -0.2) is 0 Å². The van der Waals surface area contributed by atoms with Crippen molar-refractivity contribution in [3.63, 3.8) is 0 Å². The van der Waals surface area contributed by atoms with E-state index in [9.17, 15) is 9.59 Å². The predicted molar refractivity (Wildman–Crippen MR) is 112 cm³/mol. The van der Waals surface area contributed by atoms with Crippen LogP contribution in [0, 0.1) is 0 Å². The summed E-state index contributed by atoms with van der Waals surface area (Å²) in [6.07, 6.45) is 5.69. The van der Waals surface area contributed by atoms with Crippen molar-refractivity contribution in [2.45, 2.75) is 38.1 Å². The summed E-state index contributed by atoms with van der Waals surface area (Å²) in [6.45, 7) is 0.153. The van der Waals surface area contributed by atoms with Crippen LogP contribution in [-0.4, -0.2) is 24.4 Å². The van der Waals surface area contributed by atoms with Gasteiger partial charge in [0.15, 0.2) is 0 Å². The fraction of sp³-hybridized carbons (Fsp3) is 0.333. The third kappa shape index (κ3) is 6.10. The Labute approximate surface area is 168 Å². The van der Waals surface area contributed by atoms with Gasteiger partial charge in [-0.3, -0.25) is 9.59 Å². The maximum absolute atomic E-state index is 12.4. The van der Waals surface area contributed by atoms with E-state index in [-0.39, 0.29) is 24.4 Å². The second-order valence-corrected chi connectivity index (χ2v) is 7.71. The normalized spacial score (nSPS) is 14.4. The van der Waals surface area contributed by atoms with Crippen LogP contribution in [0.5, 0.6) is 0 Å². The largest absolute Gasteiger partial charge is 0.376 e. The van der Waals surface area contributed by atoms with Gasteiger partial charge in [0.2, 0.25) is 5.91 Å². The minimum Gasteiger partial charge on any atom is -0.376 e. The van der Waals surface area contributed by atoms with E-state index in [2.05, 4.69) is 31.9 Å². The summed E-state index contributed by atoms with van der Waals surface area (Å²) >= 11 is 3.38. The smallest absolute Gasteiger partial charge is 0.251 e. The van der Waals surface area contributed by atoms with Crippen molar-refractivity contribution in [3.05, 3.63) is 58.6 Å². The highest BCUT2D eigenvalue weighted by Gasteiger charge is 2.17. The maximum atomic E-state index is 12.4. The van der Waals surface area contributed by atoms with Crippen molar-refractivity contribution in [1.82, 2.24) is 5.32 Å². The summed E-state index contributed by atoms with van der Waals surface area (Å²) in [5, 5.41) is 9.00. The summed E-state index contributed by atoms with van der Waals surface area (Å²) in [5.74, 6) is -0.242. The molecule has 1 aliphatic carbocycles. The van der Waals surface area contributed by atoms with Gasteiger partial charge in [0, 0.05) is 27.5 Å². The minimum atomic E-state index is -0.164. The summed E-state index contributed by atoms with van der Waals surface area (Å²) in [6, 6.07) is 14.9. The fourth-order valence-corrected chi connectivity index (χ4v) is 3.47. The molecule has 0 aromatic heterocycles. The Bertz CT molecular complexity index is 786. The summed E-state index contributed by atoms with van der Waals surface area (Å²) in [7, 11) is 0. The zero-order chi connectivity index (χ0) is 19.1. The number of anilines is 2. The summed E-state index contributed by atoms with van der Waals surface area (Å²) < 4.78 is 0.987. The molecule has 6 heteroatoms. The number of rotatable bonds is 6. The van der Waals surface area contributed by atoms with E-state index in [1.165, 1.54) is 19.3 Å². The molecular formula is C21H24BrN3O2. The second kappa shape index (κ2) is 9.55. The number of hydrogen-bond donors (Lipinski definition) is 3. The highest BCUT2D eigenvalue weighted by molar-refractivity contribution is 9.10. The van der Waals surface area contributed by atoms with Gasteiger partial charge in [-0.15, -0.1) is 0 Å². The Morgan fingerprint density at radius 3 is 2.44 bits per heavy atom. The molecule has 0 unspecified atom stereocenters. The molecular weight excluding hydrogens is 406 g/mol. The molecule has 1 aliphatic rings. The summed E-state index contributed by atoms with van der Waals surface area (Å²) in [5.41, 5.74) is 2.06. The molecule has 0 radical (unpaired) electrons. The minimum absolute atomic E-state index is 0.0778. The van der Waals surface area contributed by atoms with Crippen LogP contribution < -0.4 is 16.0 Å². The molecule has 5 nitrogen and oxygen atoms in total. The Kier molecular flexibility index (Phi) is 6.87. The van der Waals surface area contributed by atoms with Crippen molar-refractivity contribution < 1.29 is 9.59 Å². The first-order valence-corrected chi connectivity index (χ1v) is 10.1. The molecule has 2 aromatic carbocycles. The van der Waals surface area contributed by atoms with Crippen molar-refractivity contribution >= 4 is 39.1 Å². The number of amides is 2. The molecule has 2 amide bonds. The van der Waals surface area contributed by atoms with Crippen LogP contribution in [0.4, 0.5) is 11.4 Å². The number of hydrogen-bond acceptors (Lipinski definition) is 3. The van der Waals surface area contributed by atoms with Crippen LogP contribution in [0.3, 0.4) is 0 Å². The highest BCUT2D eigenvalue weighted by Crippen LogP contribution is 2.18. The third-order valence-electron chi connectivity index (χ3n) is 4.65. The first-order valence-electron chi connectivity index (χ1n) is 9.30. The molecule has 0 heterocycles. The molecule has 1 fully saturated rings. The van der Waals surface area contributed by atoms with Crippen molar-refractivity contribution in [3.8, 4) is 0 Å². The average Bonchev–Trinajstić information content (AvgIpc) is 2.68. The van der Waals surface area contributed by atoms with Crippen LogP contribution in [0.2, 0.25) is 0 Å². The molecule has 2 aromatic rings. The van der Waals surface area contributed by atoms with Crippen molar-refractivity contribution in [1.29, 1.82) is 0 Å². The van der Waals surface area contributed by atoms with Crippen LogP contribution in [0.15, 0.2) is 53.0 Å². The standard InChI is InChI=1S/C21H24BrN3O2/c22-16-9-11-17(12-10-16)23-14-20(26)24-19-8-4-5-15(13-19)21(27)25-18-6-2-1-3-7-18/h4-5,8-13,18,23H,1-3,6-7,14H2,(H,24,26)(H,25,27). The van der Waals surface area contributed by atoms with Crippen LogP contribution in [-0.2, 0) is 4.79 Å². The van der Waals surface area contributed by atoms with Gasteiger partial charge in [0.05, 0.1) is 6.54 Å². The van der Waals surface area contributed by atoms with Gasteiger partial charge in [0.25, 0.3) is 5.91 Å². The molecule has 1 saturated carbocycles. The average molecular weight is 430 g/mol. The van der Waals surface area contributed by atoms with Crippen LogP contribution in [0.1, 0.15) is 42.5 Å². The first kappa shape index (κ1) is 19.4. The lowest BCUT2D eigenvalue weighted by atomic mass is 9.95. The molecule has 0 saturated heterocycles. The zero-order valence-electron chi connectivity index (χ0n) is 15.1. The molecule has 3 N–H and O–H groups in total. The predicted octanol–water partition coefficient (Wildman–Crippen LogP) is 4.56. The van der Waals surface area contributed by atoms with Gasteiger partial charge in [-0.05, 0) is 55.3 Å². The SMILES string of the molecule is O=C(CNc1ccc(Br)cc1)Nc1cccc(C(=O)NC2CCCCC2)c1. The summed E-state index contributed by atoms with van der Waals surface area (Å²) in [4.78, 5) is 24.6. The third-order valence-corrected chi connectivity index (χ3v) is 5.17. The molecule has 3 rings (SSSR count). The van der Waals surface area contributed by atoms with E-state index >= 15 is 0 Å². The number of carbonyl (C=O) groups excluding carboxylic acids is 2. The number of carbonyl (C=O) groups is 2. The molecule has 27 heavy (non-hydrogen) atoms. The van der Waals surface area contributed by atoms with E-state index in [0.717, 1.165) is 23.0 Å². The monoisotopic (exact) mass is 429 g/mol. The Balaban J connectivity index is 1.52. The second-order valence-electron chi connectivity index (χ2n) is 6.80. The number of benzene rings is 2. The van der Waals surface area contributed by atoms with E-state index < -0.39 is 0 Å². The van der Waals surface area contributed by atoms with Crippen LogP contribution in [0.25, 0.3) is 0 Å².